The van der Waals surface area contributed by atoms with Gasteiger partial charge in [0.25, 0.3) is 0 Å². The number of hydrogen-bond acceptors (Lipinski definition) is 4. The van der Waals surface area contributed by atoms with Crippen LogP contribution in [0, 0.1) is 44.7 Å². The summed E-state index contributed by atoms with van der Waals surface area (Å²) in [5.41, 5.74) is 10.9. The zero-order chi connectivity index (χ0) is 48.6. The number of aryl methyl sites for hydroxylation is 3. The number of pyridine rings is 2. The Kier molecular flexibility index (Phi) is 18.5. The number of aromatic nitrogens is 2. The third-order valence-corrected chi connectivity index (χ3v) is 11.4. The number of rotatable bonds is 11. The van der Waals surface area contributed by atoms with E-state index in [9.17, 15) is 23.1 Å². The third-order valence-electron chi connectivity index (χ3n) is 11.4. The van der Waals surface area contributed by atoms with E-state index in [0.29, 0.717) is 37.0 Å². The van der Waals surface area contributed by atoms with Crippen LogP contribution in [0.2, 0.25) is 0 Å². The molecule has 2 aromatic heterocycles. The monoisotopic (exact) mass is 1050 g/mol. The van der Waals surface area contributed by atoms with E-state index in [1.54, 1.807) is 6.92 Å². The maximum atomic E-state index is 12.3. The molecule has 0 aliphatic carbocycles. The van der Waals surface area contributed by atoms with E-state index in [-0.39, 0.29) is 43.6 Å². The van der Waals surface area contributed by atoms with Gasteiger partial charge in [0.15, 0.2) is 5.78 Å². The Hall–Kier alpha value is -4.65. The molecule has 1 N–H and O–H groups in total. The number of aliphatic hydroxyl groups is 1. The van der Waals surface area contributed by atoms with Gasteiger partial charge in [-0.3, -0.25) is 4.79 Å². The molecule has 0 aliphatic heterocycles. The molecule has 4 aromatic carbocycles. The summed E-state index contributed by atoms with van der Waals surface area (Å²) in [5.74, 6) is -1.06. The summed E-state index contributed by atoms with van der Waals surface area (Å²) >= 11 is 0. The smallest absolute Gasteiger partial charge is 0.389 e. The molecule has 64 heavy (non-hydrogen) atoms. The average molecular weight is 1050 g/mol. The van der Waals surface area contributed by atoms with Gasteiger partial charge in [0, 0.05) is 50.4 Å². The number of hydrogen-bond donors (Lipinski definition) is 1. The van der Waals surface area contributed by atoms with Crippen molar-refractivity contribution in [2.45, 2.75) is 139 Å². The second-order valence-electron chi connectivity index (χ2n) is 18.4. The molecule has 0 spiro atoms. The first-order valence-corrected chi connectivity index (χ1v) is 22.2. The summed E-state index contributed by atoms with van der Waals surface area (Å²) in [5, 5.41) is 13.9. The zero-order valence-corrected chi connectivity index (χ0v) is 42.3. The van der Waals surface area contributed by atoms with Gasteiger partial charge in [-0.2, -0.15) is 13.2 Å². The molecule has 0 amide bonds. The second kappa shape index (κ2) is 23.5. The molecule has 0 saturated carbocycles. The van der Waals surface area contributed by atoms with Crippen LogP contribution in [0.15, 0.2) is 97.0 Å². The number of ketones is 1. The van der Waals surface area contributed by atoms with Crippen molar-refractivity contribution in [3.8, 4) is 22.5 Å². The molecule has 345 valence electrons. The predicted octanol–water partition coefficient (Wildman–Crippen LogP) is 16.3. The number of fused-ring (bicyclic) bond motifs is 2. The van der Waals surface area contributed by atoms with Crippen LogP contribution < -0.4 is 0 Å². The van der Waals surface area contributed by atoms with Gasteiger partial charge in [-0.15, -0.1) is 69.8 Å². The van der Waals surface area contributed by atoms with E-state index in [1.807, 2.05) is 32.9 Å². The van der Waals surface area contributed by atoms with Crippen molar-refractivity contribution < 1.29 is 45.9 Å². The van der Waals surface area contributed by atoms with Crippen LogP contribution in [0.4, 0.5) is 13.2 Å². The summed E-state index contributed by atoms with van der Waals surface area (Å²) in [4.78, 5) is 20.7. The Morgan fingerprint density at radius 1 is 0.703 bits per heavy atom. The number of allylic oxidation sites excluding steroid dienone is 2. The summed E-state index contributed by atoms with van der Waals surface area (Å²) in [6, 6.07) is 32.0. The number of alkyl halides is 3. The normalized spacial score (nSPS) is 12.9. The van der Waals surface area contributed by atoms with Crippen LogP contribution in [0.25, 0.3) is 44.1 Å². The maximum absolute atomic E-state index is 12.3. The molecule has 0 bridgehead atoms. The fourth-order valence-electron chi connectivity index (χ4n) is 7.52. The molecule has 8 heteroatoms. The number of nitrogens with zero attached hydrogens (tertiary/aromatic N) is 2. The number of carbonyl (C=O) groups is 1. The Balaban J connectivity index is 0.000000265. The fraction of sp³-hybridized carbons (Fsp3) is 0.411. The molecule has 2 heterocycles. The van der Waals surface area contributed by atoms with Crippen molar-refractivity contribution in [1.29, 1.82) is 0 Å². The first-order valence-electron chi connectivity index (χ1n) is 23.2. The van der Waals surface area contributed by atoms with Crippen LogP contribution in [0.3, 0.4) is 0 Å². The topological polar surface area (TPSA) is 63.1 Å². The van der Waals surface area contributed by atoms with Gasteiger partial charge in [-0.05, 0) is 92.7 Å². The zero-order valence-electron chi connectivity index (χ0n) is 41.9. The van der Waals surface area contributed by atoms with Gasteiger partial charge in [-0.1, -0.05) is 126 Å². The van der Waals surface area contributed by atoms with E-state index >= 15 is 0 Å². The quantitative estimate of drug-likeness (QED) is 0.0798. The molecule has 4 nitrogen and oxygen atoms in total. The Labute approximate surface area is 397 Å². The van der Waals surface area contributed by atoms with Crippen LogP contribution in [-0.4, -0.2) is 27.0 Å². The average Bonchev–Trinajstić information content (AvgIpc) is 3.21. The molecule has 0 aliphatic rings. The largest absolute Gasteiger partial charge is 0.512 e. The molecule has 1 radical (unpaired) electrons. The standard InChI is InChI=1S/C23H26N.C20H20N.C13H21F3O2.Ir/c1-15(2)17-7-8-21-18(13-17)9-10-24-22(21)19-11-16(3)12-20(14-19)23(4,5)6;1-13(2)16-5-6-19-17(12-16)7-8-21-20(19)18-10-14(3)9-15(4)11-18;1-4-9(5-2)11(17)7-12(18)10(6-3)8-13(14,15)16;/h7-10,12-15H,1-6H3;5-10,12-13H,1-4H3;7,9-10,18H,4-6,8H2,1-3H3;/q2*-1;;/b;;12-7-;/i10D;8D;;. The van der Waals surface area contributed by atoms with Crippen LogP contribution in [-0.2, 0) is 30.3 Å². The molecule has 6 aromatic rings. The maximum Gasteiger partial charge on any atom is 0.389 e. The summed E-state index contributed by atoms with van der Waals surface area (Å²) in [6.07, 6.45) is -2.46. The van der Waals surface area contributed by atoms with Crippen molar-refractivity contribution in [3.05, 3.63) is 142 Å². The van der Waals surface area contributed by atoms with Crippen molar-refractivity contribution in [2.24, 2.45) is 11.8 Å². The van der Waals surface area contributed by atoms with E-state index in [1.165, 1.54) is 22.3 Å². The van der Waals surface area contributed by atoms with Crippen molar-refractivity contribution in [2.75, 3.05) is 0 Å². The van der Waals surface area contributed by atoms with Gasteiger partial charge < -0.3 is 15.1 Å². The Morgan fingerprint density at radius 2 is 1.16 bits per heavy atom. The van der Waals surface area contributed by atoms with E-state index in [0.717, 1.165) is 61.3 Å². The minimum Gasteiger partial charge on any atom is -0.512 e. The second-order valence-corrected chi connectivity index (χ2v) is 18.4. The van der Waals surface area contributed by atoms with Gasteiger partial charge >= 0.3 is 6.18 Å². The van der Waals surface area contributed by atoms with Gasteiger partial charge in [0.1, 0.15) is 0 Å². The first-order chi connectivity index (χ1) is 30.3. The molecular weight excluding hydrogens is 982 g/mol. The minimum atomic E-state index is -4.33. The predicted molar refractivity (Wildman–Crippen MR) is 257 cm³/mol. The van der Waals surface area contributed by atoms with E-state index in [4.69, 9.17) is 2.74 Å². The van der Waals surface area contributed by atoms with Crippen LogP contribution in [0.5, 0.6) is 0 Å². The minimum absolute atomic E-state index is 0. The van der Waals surface area contributed by atoms with Gasteiger partial charge in [0.2, 0.25) is 0 Å². The molecule has 0 saturated heterocycles. The van der Waals surface area contributed by atoms with Gasteiger partial charge in [0.05, 0.1) is 14.9 Å². The molecular formula is C56H67F3IrN2O2-2. The number of halogens is 3. The SMILES string of the molecule is CCC(CC)C(=O)/C=C(\O)C(CC)CC(F)(F)F.[2H]c1cc2cc(C(C)C)ccc2c(-c2[c-]c(C)cc(C(C)(C)C)c2)n1.[2H]c1cc2cc(C(C)C)ccc2c(-c2[c-]c(C)cc(C)c2)n1.[Ir]. The number of aliphatic hydroxyl groups excluding tert-OH is 1. The molecule has 6 rings (SSSR count). The summed E-state index contributed by atoms with van der Waals surface area (Å²) in [7, 11) is 0. The molecule has 1 atom stereocenters. The molecule has 1 unspecified atom stereocenters. The van der Waals surface area contributed by atoms with Crippen molar-refractivity contribution in [1.82, 2.24) is 9.97 Å². The third kappa shape index (κ3) is 15.0. The van der Waals surface area contributed by atoms with E-state index < -0.39 is 24.3 Å². The first kappa shape index (κ1) is 50.4. The van der Waals surface area contributed by atoms with Crippen molar-refractivity contribution in [3.63, 3.8) is 0 Å². The summed E-state index contributed by atoms with van der Waals surface area (Å²) < 4.78 is 53.0. The molecule has 0 fully saturated rings. The van der Waals surface area contributed by atoms with Gasteiger partial charge in [-0.25, -0.2) is 0 Å². The van der Waals surface area contributed by atoms with Crippen molar-refractivity contribution >= 4 is 27.3 Å². The Morgan fingerprint density at radius 3 is 1.56 bits per heavy atom. The van der Waals surface area contributed by atoms with Crippen LogP contribution in [0.1, 0.15) is 143 Å². The summed E-state index contributed by atoms with van der Waals surface area (Å²) in [6.45, 7) is 26.8. The fourth-order valence-corrected chi connectivity index (χ4v) is 7.52. The Bertz CT molecular complexity index is 2610. The number of carbonyl (C=O) groups excluding carboxylic acids is 1. The number of benzene rings is 4. The van der Waals surface area contributed by atoms with E-state index in [2.05, 4.69) is 145 Å². The van der Waals surface area contributed by atoms with Crippen LogP contribution >= 0.6 is 0 Å².